The molecule has 1 aromatic rings. The summed E-state index contributed by atoms with van der Waals surface area (Å²) in [6.07, 6.45) is 0. The molecular formula is C6H2Cl2F2. The van der Waals surface area contributed by atoms with Gasteiger partial charge in [-0.15, -0.1) is 0 Å². The molecule has 54 valence electrons. The lowest BCUT2D eigenvalue weighted by molar-refractivity contribution is 0.601. The van der Waals surface area contributed by atoms with Crippen LogP contribution in [0.4, 0.5) is 8.78 Å². The molecule has 0 fully saturated rings. The van der Waals surface area contributed by atoms with Gasteiger partial charge in [-0.25, -0.2) is 8.78 Å². The van der Waals surface area contributed by atoms with Gasteiger partial charge in [0.1, 0.15) is 11.6 Å². The minimum Gasteiger partial charge on any atom is -0.205 e. The molecule has 1 aromatic carbocycles. The Balaban J connectivity index is 3.34. The normalized spacial score (nSPS) is 10.0. The first-order valence-corrected chi connectivity index (χ1v) is 3.17. The molecule has 10 heavy (non-hydrogen) atoms. The Labute approximate surface area is 66.4 Å². The van der Waals surface area contributed by atoms with Gasteiger partial charge < -0.3 is 0 Å². The smallest absolute Gasteiger partial charge is 0.143 e. The molecular weight excluding hydrogens is 181 g/mol. The lowest BCUT2D eigenvalue weighted by Crippen LogP contribution is -1.81. The van der Waals surface area contributed by atoms with Gasteiger partial charge in [0.05, 0.1) is 10.0 Å². The zero-order valence-electron chi connectivity index (χ0n) is 4.67. The average molecular weight is 183 g/mol. The molecule has 0 spiro atoms. The highest BCUT2D eigenvalue weighted by molar-refractivity contribution is 6.42. The highest BCUT2D eigenvalue weighted by Crippen LogP contribution is 2.26. The van der Waals surface area contributed by atoms with Crippen LogP contribution in [0.25, 0.3) is 0 Å². The van der Waals surface area contributed by atoms with E-state index in [2.05, 4.69) is 0 Å². The molecule has 0 saturated heterocycles. The summed E-state index contributed by atoms with van der Waals surface area (Å²) in [6, 6.07) is 1.84. The molecule has 0 aliphatic carbocycles. The van der Waals surface area contributed by atoms with Crippen molar-refractivity contribution in [2.24, 2.45) is 0 Å². The fourth-order valence-corrected chi connectivity index (χ4v) is 0.809. The van der Waals surface area contributed by atoms with Gasteiger partial charge in [-0.2, -0.15) is 0 Å². The maximum absolute atomic E-state index is 12.4. The molecule has 0 nitrogen and oxygen atoms in total. The van der Waals surface area contributed by atoms with E-state index in [1.54, 1.807) is 0 Å². The first-order chi connectivity index (χ1) is 4.63. The van der Waals surface area contributed by atoms with Crippen molar-refractivity contribution in [1.29, 1.82) is 0 Å². The van der Waals surface area contributed by atoms with E-state index >= 15 is 0 Å². The maximum atomic E-state index is 12.4. The molecule has 0 amide bonds. The zero-order valence-corrected chi connectivity index (χ0v) is 6.18. The molecule has 0 radical (unpaired) electrons. The van der Waals surface area contributed by atoms with Crippen LogP contribution in [0.2, 0.25) is 10.0 Å². The van der Waals surface area contributed by atoms with E-state index in [-0.39, 0.29) is 10.0 Å². The minimum atomic E-state index is -0.715. The summed E-state index contributed by atoms with van der Waals surface area (Å²) in [5.41, 5.74) is 0. The first-order valence-electron chi connectivity index (χ1n) is 2.42. The lowest BCUT2D eigenvalue weighted by atomic mass is 10.3. The first kappa shape index (κ1) is 7.76. The van der Waals surface area contributed by atoms with Crippen molar-refractivity contribution in [3.8, 4) is 0 Å². The second-order valence-corrected chi connectivity index (χ2v) is 2.41. The largest absolute Gasteiger partial charge is 0.205 e. The van der Waals surface area contributed by atoms with E-state index in [4.69, 9.17) is 23.2 Å². The van der Waals surface area contributed by atoms with Gasteiger partial charge >= 0.3 is 0 Å². The third-order valence-corrected chi connectivity index (χ3v) is 1.82. The molecule has 4 heteroatoms. The molecule has 0 heterocycles. The van der Waals surface area contributed by atoms with Crippen LogP contribution in [0.5, 0.6) is 0 Å². The molecule has 0 bridgehead atoms. The predicted octanol–water partition coefficient (Wildman–Crippen LogP) is 3.27. The van der Waals surface area contributed by atoms with Crippen LogP contribution in [0.15, 0.2) is 12.1 Å². The summed E-state index contributed by atoms with van der Waals surface area (Å²) >= 11 is 10.5. The van der Waals surface area contributed by atoms with Gasteiger partial charge in [0.2, 0.25) is 0 Å². The predicted molar refractivity (Wildman–Crippen MR) is 36.4 cm³/mol. The summed E-state index contributed by atoms with van der Waals surface area (Å²) in [5, 5.41) is -0.747. The summed E-state index contributed by atoms with van der Waals surface area (Å²) in [5.74, 6) is -1.43. The van der Waals surface area contributed by atoms with E-state index in [1.807, 2.05) is 0 Å². The van der Waals surface area contributed by atoms with Crippen LogP contribution in [0.1, 0.15) is 0 Å². The van der Waals surface area contributed by atoms with Crippen molar-refractivity contribution in [3.05, 3.63) is 33.8 Å². The molecule has 0 aliphatic heterocycles. The van der Waals surface area contributed by atoms with E-state index in [0.717, 1.165) is 12.1 Å². The number of halogens is 4. The lowest BCUT2D eigenvalue weighted by Gasteiger charge is -1.96. The van der Waals surface area contributed by atoms with Gasteiger partial charge in [-0.1, -0.05) is 23.2 Å². The van der Waals surface area contributed by atoms with Crippen molar-refractivity contribution in [3.63, 3.8) is 0 Å². The number of rotatable bonds is 0. The second kappa shape index (κ2) is 2.72. The standard InChI is InChI=1S/C6H2Cl2F2/c7-5-3(9)1-2-4(10)6(5)8/h1-2H. The highest BCUT2D eigenvalue weighted by Gasteiger charge is 2.08. The van der Waals surface area contributed by atoms with Crippen molar-refractivity contribution >= 4 is 23.2 Å². The van der Waals surface area contributed by atoms with Gasteiger partial charge in [0.25, 0.3) is 0 Å². The summed E-state index contributed by atoms with van der Waals surface area (Å²) in [6.45, 7) is 0. The second-order valence-electron chi connectivity index (χ2n) is 1.66. The van der Waals surface area contributed by atoms with Crippen molar-refractivity contribution < 1.29 is 8.78 Å². The van der Waals surface area contributed by atoms with Crippen molar-refractivity contribution in [1.82, 2.24) is 0 Å². The molecule has 1 rings (SSSR count). The van der Waals surface area contributed by atoms with Gasteiger partial charge in [0.15, 0.2) is 0 Å². The van der Waals surface area contributed by atoms with Crippen LogP contribution in [0, 0.1) is 11.6 Å². The Hall–Kier alpha value is -0.340. The average Bonchev–Trinajstić information content (AvgIpc) is 1.93. The van der Waals surface area contributed by atoms with Crippen LogP contribution < -0.4 is 0 Å². The molecule has 0 saturated carbocycles. The Morgan fingerprint density at radius 3 is 1.50 bits per heavy atom. The molecule has 0 atom stereocenters. The van der Waals surface area contributed by atoms with Gasteiger partial charge in [-0.05, 0) is 12.1 Å². The summed E-state index contributed by atoms with van der Waals surface area (Å²) in [4.78, 5) is 0. The number of benzene rings is 1. The number of hydrogen-bond donors (Lipinski definition) is 0. The Morgan fingerprint density at radius 2 is 1.20 bits per heavy atom. The van der Waals surface area contributed by atoms with E-state index in [9.17, 15) is 8.78 Å². The van der Waals surface area contributed by atoms with Crippen LogP contribution in [-0.4, -0.2) is 0 Å². The SMILES string of the molecule is Fc1ccc(F)c(Cl)c1Cl. The van der Waals surface area contributed by atoms with Crippen LogP contribution >= 0.6 is 23.2 Å². The molecule has 0 aliphatic rings. The topological polar surface area (TPSA) is 0 Å². The summed E-state index contributed by atoms with van der Waals surface area (Å²) < 4.78 is 24.8. The van der Waals surface area contributed by atoms with Gasteiger partial charge in [-0.3, -0.25) is 0 Å². The van der Waals surface area contributed by atoms with Crippen molar-refractivity contribution in [2.75, 3.05) is 0 Å². The fourth-order valence-electron chi connectivity index (χ4n) is 0.502. The molecule has 0 aromatic heterocycles. The van der Waals surface area contributed by atoms with Crippen LogP contribution in [-0.2, 0) is 0 Å². The Kier molecular flexibility index (Phi) is 2.11. The van der Waals surface area contributed by atoms with Gasteiger partial charge in [0, 0.05) is 0 Å². The third kappa shape index (κ3) is 1.22. The molecule has 0 N–H and O–H groups in total. The molecule has 0 unspecified atom stereocenters. The fraction of sp³-hybridized carbons (Fsp3) is 0. The maximum Gasteiger partial charge on any atom is 0.143 e. The van der Waals surface area contributed by atoms with E-state index < -0.39 is 11.6 Å². The quantitative estimate of drug-likeness (QED) is 0.427. The zero-order chi connectivity index (χ0) is 7.72. The van der Waals surface area contributed by atoms with E-state index in [1.165, 1.54) is 0 Å². The Morgan fingerprint density at radius 1 is 0.900 bits per heavy atom. The van der Waals surface area contributed by atoms with Crippen molar-refractivity contribution in [2.45, 2.75) is 0 Å². The monoisotopic (exact) mass is 182 g/mol. The van der Waals surface area contributed by atoms with Crippen LogP contribution in [0.3, 0.4) is 0 Å². The van der Waals surface area contributed by atoms with E-state index in [0.29, 0.717) is 0 Å². The number of hydrogen-bond acceptors (Lipinski definition) is 0. The highest BCUT2D eigenvalue weighted by atomic mass is 35.5. The summed E-state index contributed by atoms with van der Waals surface area (Å²) in [7, 11) is 0. The Bertz CT molecular complexity index is 233. The minimum absolute atomic E-state index is 0.373. The third-order valence-electron chi connectivity index (χ3n) is 0.988.